The molecule has 0 saturated carbocycles. The summed E-state index contributed by atoms with van der Waals surface area (Å²) < 4.78 is 4.77. The van der Waals surface area contributed by atoms with Crippen LogP contribution in [-0.2, 0) is 9.53 Å². The number of aliphatic hydroxyl groups is 1. The summed E-state index contributed by atoms with van der Waals surface area (Å²) in [5.74, 6) is -0.313. The van der Waals surface area contributed by atoms with Crippen LogP contribution in [0.5, 0.6) is 0 Å². The van der Waals surface area contributed by atoms with E-state index in [0.717, 1.165) is 0 Å². The molecule has 0 saturated heterocycles. The second-order valence-electron chi connectivity index (χ2n) is 3.53. The topological polar surface area (TPSA) is 46.5 Å². The van der Waals surface area contributed by atoms with Gasteiger partial charge in [-0.05, 0) is 31.0 Å². The van der Waals surface area contributed by atoms with Crippen molar-refractivity contribution in [3.05, 3.63) is 33.8 Å². The molecule has 0 aliphatic rings. The Hall–Kier alpha value is -0.770. The third-order valence-electron chi connectivity index (χ3n) is 2.26. The highest BCUT2D eigenvalue weighted by Gasteiger charge is 2.12. The molecule has 0 spiro atoms. The first-order valence-corrected chi connectivity index (χ1v) is 6.08. The third-order valence-corrected chi connectivity index (χ3v) is 2.99. The minimum Gasteiger partial charge on any atom is -0.466 e. The molecule has 0 fully saturated rings. The summed E-state index contributed by atoms with van der Waals surface area (Å²) >= 11 is 11.6. The molecule has 0 aliphatic carbocycles. The average molecular weight is 277 g/mol. The number of halogens is 2. The van der Waals surface area contributed by atoms with E-state index in [4.69, 9.17) is 27.9 Å². The molecule has 0 heterocycles. The molecule has 0 aliphatic heterocycles. The first kappa shape index (κ1) is 14.3. The van der Waals surface area contributed by atoms with Crippen molar-refractivity contribution < 1.29 is 14.6 Å². The lowest BCUT2D eigenvalue weighted by molar-refractivity contribution is -0.143. The van der Waals surface area contributed by atoms with Gasteiger partial charge >= 0.3 is 5.97 Å². The smallest absolute Gasteiger partial charge is 0.305 e. The fourth-order valence-electron chi connectivity index (χ4n) is 1.37. The maximum Gasteiger partial charge on any atom is 0.305 e. The zero-order valence-electron chi connectivity index (χ0n) is 9.45. The molecule has 0 unspecified atom stereocenters. The van der Waals surface area contributed by atoms with Crippen molar-refractivity contribution in [3.8, 4) is 0 Å². The Morgan fingerprint density at radius 3 is 2.71 bits per heavy atom. The summed E-state index contributed by atoms with van der Waals surface area (Å²) in [5, 5.41) is 10.7. The number of aliphatic hydroxyl groups excluding tert-OH is 1. The fourth-order valence-corrected chi connectivity index (χ4v) is 1.68. The number of benzene rings is 1. The molecule has 5 heteroatoms. The third kappa shape index (κ3) is 4.54. The van der Waals surface area contributed by atoms with Gasteiger partial charge in [-0.25, -0.2) is 0 Å². The Morgan fingerprint density at radius 2 is 2.12 bits per heavy atom. The minimum absolute atomic E-state index is 0.176. The van der Waals surface area contributed by atoms with E-state index in [1.165, 1.54) is 0 Å². The van der Waals surface area contributed by atoms with Crippen molar-refractivity contribution in [3.63, 3.8) is 0 Å². The second kappa shape index (κ2) is 6.84. The number of hydrogen-bond acceptors (Lipinski definition) is 3. The second-order valence-corrected chi connectivity index (χ2v) is 4.35. The summed E-state index contributed by atoms with van der Waals surface area (Å²) in [6.45, 7) is 2.09. The number of hydrogen-bond donors (Lipinski definition) is 1. The lowest BCUT2D eigenvalue weighted by atomic mass is 10.1. The number of rotatable bonds is 5. The molecule has 1 aromatic rings. The molecular formula is C12H14Cl2O3. The van der Waals surface area contributed by atoms with Crippen molar-refractivity contribution >= 4 is 29.2 Å². The van der Waals surface area contributed by atoms with Gasteiger partial charge in [-0.1, -0.05) is 29.3 Å². The minimum atomic E-state index is -0.742. The van der Waals surface area contributed by atoms with Crippen LogP contribution < -0.4 is 0 Å². The van der Waals surface area contributed by atoms with Crippen LogP contribution in [0.15, 0.2) is 18.2 Å². The first-order valence-electron chi connectivity index (χ1n) is 5.33. The van der Waals surface area contributed by atoms with Gasteiger partial charge in [0, 0.05) is 6.42 Å². The van der Waals surface area contributed by atoms with Crippen LogP contribution in [0.4, 0.5) is 0 Å². The summed E-state index contributed by atoms with van der Waals surface area (Å²) in [4.78, 5) is 11.1. The SMILES string of the molecule is CCOC(=O)CC[C@H](O)c1ccc(Cl)c(Cl)c1. The van der Waals surface area contributed by atoms with Gasteiger partial charge in [0.15, 0.2) is 0 Å². The van der Waals surface area contributed by atoms with Crippen molar-refractivity contribution in [1.82, 2.24) is 0 Å². The highest BCUT2D eigenvalue weighted by atomic mass is 35.5. The largest absolute Gasteiger partial charge is 0.466 e. The normalized spacial score (nSPS) is 12.2. The van der Waals surface area contributed by atoms with Crippen molar-refractivity contribution in [2.75, 3.05) is 6.61 Å². The average Bonchev–Trinajstić information content (AvgIpc) is 2.30. The molecule has 0 amide bonds. The van der Waals surface area contributed by atoms with E-state index < -0.39 is 6.10 Å². The highest BCUT2D eigenvalue weighted by molar-refractivity contribution is 6.42. The summed E-state index contributed by atoms with van der Waals surface area (Å²) in [7, 11) is 0. The molecule has 0 bridgehead atoms. The monoisotopic (exact) mass is 276 g/mol. The molecule has 1 aromatic carbocycles. The standard InChI is InChI=1S/C12H14Cl2O3/c1-2-17-12(16)6-5-11(15)8-3-4-9(13)10(14)7-8/h3-4,7,11,15H,2,5-6H2,1H3/t11-/m0/s1. The van der Waals surface area contributed by atoms with Crippen LogP contribution in [0.25, 0.3) is 0 Å². The van der Waals surface area contributed by atoms with E-state index in [-0.39, 0.29) is 12.4 Å². The molecule has 0 radical (unpaired) electrons. The molecule has 0 aromatic heterocycles. The molecule has 1 rings (SSSR count). The zero-order chi connectivity index (χ0) is 12.8. The van der Waals surface area contributed by atoms with E-state index in [0.29, 0.717) is 28.6 Å². The van der Waals surface area contributed by atoms with Crippen molar-refractivity contribution in [2.24, 2.45) is 0 Å². The van der Waals surface area contributed by atoms with Crippen LogP contribution in [-0.4, -0.2) is 17.7 Å². The van der Waals surface area contributed by atoms with E-state index >= 15 is 0 Å². The number of carbonyl (C=O) groups excluding carboxylic acids is 1. The summed E-state index contributed by atoms with van der Waals surface area (Å²) in [5.41, 5.74) is 0.642. The van der Waals surface area contributed by atoms with E-state index in [9.17, 15) is 9.90 Å². The Kier molecular flexibility index (Phi) is 5.75. The molecule has 94 valence electrons. The predicted molar refractivity (Wildman–Crippen MR) is 67.3 cm³/mol. The lowest BCUT2D eigenvalue weighted by Crippen LogP contribution is -2.07. The number of ether oxygens (including phenoxy) is 1. The molecular weight excluding hydrogens is 263 g/mol. The highest BCUT2D eigenvalue weighted by Crippen LogP contribution is 2.27. The van der Waals surface area contributed by atoms with Crippen LogP contribution in [0.1, 0.15) is 31.4 Å². The molecule has 17 heavy (non-hydrogen) atoms. The van der Waals surface area contributed by atoms with Gasteiger partial charge in [0.1, 0.15) is 0 Å². The predicted octanol–water partition coefficient (Wildman–Crippen LogP) is 3.37. The van der Waals surface area contributed by atoms with Crippen LogP contribution in [0.3, 0.4) is 0 Å². The summed E-state index contributed by atoms with van der Waals surface area (Å²) in [6.07, 6.45) is -0.263. The van der Waals surface area contributed by atoms with E-state index in [1.54, 1.807) is 25.1 Å². The van der Waals surface area contributed by atoms with Gasteiger partial charge in [-0.15, -0.1) is 0 Å². The number of carbonyl (C=O) groups is 1. The maximum absolute atomic E-state index is 11.1. The maximum atomic E-state index is 11.1. The van der Waals surface area contributed by atoms with Crippen LogP contribution in [0.2, 0.25) is 10.0 Å². The Morgan fingerprint density at radius 1 is 1.41 bits per heavy atom. The Balaban J connectivity index is 2.54. The van der Waals surface area contributed by atoms with Crippen LogP contribution >= 0.6 is 23.2 Å². The zero-order valence-corrected chi connectivity index (χ0v) is 11.0. The molecule has 1 N–H and O–H groups in total. The lowest BCUT2D eigenvalue weighted by Gasteiger charge is -2.11. The molecule has 1 atom stereocenters. The Labute approximate surface area is 110 Å². The van der Waals surface area contributed by atoms with Gasteiger partial charge in [-0.3, -0.25) is 4.79 Å². The fraction of sp³-hybridized carbons (Fsp3) is 0.417. The van der Waals surface area contributed by atoms with Gasteiger partial charge in [0.05, 0.1) is 22.8 Å². The van der Waals surface area contributed by atoms with E-state index in [1.807, 2.05) is 0 Å². The van der Waals surface area contributed by atoms with Gasteiger partial charge in [0.25, 0.3) is 0 Å². The molecule has 3 nitrogen and oxygen atoms in total. The number of esters is 1. The van der Waals surface area contributed by atoms with Gasteiger partial charge in [0.2, 0.25) is 0 Å². The van der Waals surface area contributed by atoms with Crippen molar-refractivity contribution in [1.29, 1.82) is 0 Å². The quantitative estimate of drug-likeness (QED) is 0.839. The van der Waals surface area contributed by atoms with Gasteiger partial charge < -0.3 is 9.84 Å². The van der Waals surface area contributed by atoms with Crippen LogP contribution in [0, 0.1) is 0 Å². The van der Waals surface area contributed by atoms with Crippen molar-refractivity contribution in [2.45, 2.75) is 25.9 Å². The first-order chi connectivity index (χ1) is 8.04. The van der Waals surface area contributed by atoms with E-state index in [2.05, 4.69) is 0 Å². The Bertz CT molecular complexity index is 393. The van der Waals surface area contributed by atoms with Gasteiger partial charge in [-0.2, -0.15) is 0 Å². The summed E-state index contributed by atoms with van der Waals surface area (Å²) in [6, 6.07) is 4.90.